The topological polar surface area (TPSA) is 93.9 Å². The van der Waals surface area contributed by atoms with E-state index in [-0.39, 0.29) is 41.3 Å². The lowest BCUT2D eigenvalue weighted by atomic mass is 9.43. The van der Waals surface area contributed by atoms with Crippen LogP contribution in [-0.2, 0) is 26.7 Å². The lowest BCUT2D eigenvalue weighted by Gasteiger charge is -2.64. The number of benzene rings is 2. The van der Waals surface area contributed by atoms with Crippen LogP contribution in [0.25, 0.3) is 0 Å². The van der Waals surface area contributed by atoms with Gasteiger partial charge in [0.05, 0.1) is 23.2 Å². The molecular weight excluding hydrogens is 594 g/mol. The van der Waals surface area contributed by atoms with Crippen LogP contribution >= 0.6 is 0 Å². The number of nitrogens with zero attached hydrogens (tertiary/aromatic N) is 1. The summed E-state index contributed by atoms with van der Waals surface area (Å²) in [5, 5.41) is 3.21. The maximum absolute atomic E-state index is 13.9. The number of unbranched alkanes of at least 4 members (excludes halogenated alkanes) is 1. The minimum atomic E-state index is -4.47. The van der Waals surface area contributed by atoms with Crippen molar-refractivity contribution >= 4 is 18.9 Å². The number of rotatable bonds is 10. The Morgan fingerprint density at radius 2 is 1.89 bits per heavy atom. The van der Waals surface area contributed by atoms with Crippen LogP contribution in [0.5, 0.6) is 0 Å². The molecule has 5 fully saturated rings. The largest absolute Gasteiger partial charge is 0.481 e. The average molecular weight is 640 g/mol. The summed E-state index contributed by atoms with van der Waals surface area (Å²) in [4.78, 5) is 29.2. The average Bonchev–Trinajstić information content (AvgIpc) is 3.65. The highest BCUT2D eigenvalue weighted by atomic mass is 19.4. The summed E-state index contributed by atoms with van der Waals surface area (Å²) in [6, 6.07) is 11.5. The first-order valence-corrected chi connectivity index (χ1v) is 16.7. The third-order valence-electron chi connectivity index (χ3n) is 11.3. The quantitative estimate of drug-likeness (QED) is 0.254. The Kier molecular flexibility index (Phi) is 9.06. The van der Waals surface area contributed by atoms with Gasteiger partial charge in [-0.05, 0) is 105 Å². The molecule has 2 amide bonds. The molecule has 0 spiro atoms. The third-order valence-corrected chi connectivity index (χ3v) is 11.3. The van der Waals surface area contributed by atoms with Crippen LogP contribution in [0.4, 0.5) is 13.2 Å². The maximum Gasteiger partial charge on any atom is 0.481 e. The summed E-state index contributed by atoms with van der Waals surface area (Å²) in [7, 11) is -0.575. The molecule has 11 heteroatoms. The summed E-state index contributed by atoms with van der Waals surface area (Å²) in [6.07, 6.45) is 1.11. The van der Waals surface area contributed by atoms with Gasteiger partial charge in [0, 0.05) is 12.1 Å². The second-order valence-electron chi connectivity index (χ2n) is 14.4. The number of alkyl halides is 3. The van der Waals surface area contributed by atoms with Crippen molar-refractivity contribution in [1.29, 1.82) is 0 Å². The number of hydrogen-bond donors (Lipinski definition) is 2. The van der Waals surface area contributed by atoms with Gasteiger partial charge in [-0.1, -0.05) is 50.6 Å². The van der Waals surface area contributed by atoms with Gasteiger partial charge >= 0.3 is 13.3 Å². The summed E-state index contributed by atoms with van der Waals surface area (Å²) < 4.78 is 54.0. The molecule has 0 aromatic heterocycles. The monoisotopic (exact) mass is 639 g/mol. The first-order valence-electron chi connectivity index (χ1n) is 16.7. The second-order valence-corrected chi connectivity index (χ2v) is 14.4. The molecule has 2 heterocycles. The zero-order valence-corrected chi connectivity index (χ0v) is 26.9. The van der Waals surface area contributed by atoms with Gasteiger partial charge in [-0.3, -0.25) is 9.59 Å². The van der Waals surface area contributed by atoms with Crippen molar-refractivity contribution in [3.05, 3.63) is 70.8 Å². The fraction of sp³-hybridized carbons (Fsp3) is 0.600. The lowest BCUT2D eigenvalue weighted by molar-refractivity contribution is -0.199. The second kappa shape index (κ2) is 12.6. The van der Waals surface area contributed by atoms with E-state index in [1.807, 2.05) is 0 Å². The van der Waals surface area contributed by atoms with E-state index in [9.17, 15) is 22.8 Å². The summed E-state index contributed by atoms with van der Waals surface area (Å²) in [5.74, 6) is 0.0817. The molecule has 248 valence electrons. The molecule has 7 rings (SSSR count). The number of carbonyl (C=O) groups excluding carboxylic acids is 2. The van der Waals surface area contributed by atoms with Gasteiger partial charge < -0.3 is 25.3 Å². The number of hydrogen-bond acceptors (Lipinski definition) is 5. The van der Waals surface area contributed by atoms with Gasteiger partial charge in [0.25, 0.3) is 5.91 Å². The minimum Gasteiger partial charge on any atom is -0.404 e. The molecular formula is C35H45BF3N3O4. The van der Waals surface area contributed by atoms with E-state index in [1.54, 1.807) is 35.2 Å². The predicted octanol–water partition coefficient (Wildman–Crippen LogP) is 5.78. The highest BCUT2D eigenvalue weighted by Gasteiger charge is 2.68. The Hall–Kier alpha value is -2.89. The summed E-state index contributed by atoms with van der Waals surface area (Å²) >= 11 is 0. The predicted molar refractivity (Wildman–Crippen MR) is 170 cm³/mol. The van der Waals surface area contributed by atoms with Gasteiger partial charge in [0.2, 0.25) is 5.91 Å². The molecule has 2 aromatic rings. The molecule has 3 N–H and O–H groups in total. The van der Waals surface area contributed by atoms with Crippen LogP contribution in [-0.4, -0.2) is 60.6 Å². The molecule has 5 aliphatic rings. The molecule has 2 aliphatic heterocycles. The molecule has 46 heavy (non-hydrogen) atoms. The standard InChI is InChI=1S/C35H45BF3N3O4/c1-33(2)25-20-28(33)34(3)29(21-25)45-36(46-34)30(15-6-7-16-40)41-31(43)27-14-9-17-42(27)32(44)24-12-8-10-22(19-24)18-23-11-4-5-13-26(23)35(37,38)39/h4-5,8,10-13,19,25,27-30H,6-7,9,14-18,20-21,40H2,1-3H3,(H,41,43)/t25-,27-,28-,29+,30-,34-/m0/s1. The highest BCUT2D eigenvalue weighted by molar-refractivity contribution is 6.47. The normalized spacial score (nSPS) is 28.8. The van der Waals surface area contributed by atoms with E-state index in [2.05, 4.69) is 26.1 Å². The molecule has 2 bridgehead atoms. The zero-order chi connectivity index (χ0) is 32.9. The van der Waals surface area contributed by atoms with Gasteiger partial charge in [0.15, 0.2) is 0 Å². The molecule has 3 aliphatic carbocycles. The van der Waals surface area contributed by atoms with Crippen LogP contribution in [0.2, 0.25) is 0 Å². The number of carbonyl (C=O) groups is 2. The Labute approximate surface area is 269 Å². The van der Waals surface area contributed by atoms with E-state index < -0.39 is 30.5 Å². The Morgan fingerprint density at radius 3 is 2.63 bits per heavy atom. The van der Waals surface area contributed by atoms with Gasteiger partial charge in [0.1, 0.15) is 6.04 Å². The van der Waals surface area contributed by atoms with Crippen molar-refractivity contribution in [3.8, 4) is 0 Å². The van der Waals surface area contributed by atoms with E-state index in [0.717, 1.165) is 31.7 Å². The van der Waals surface area contributed by atoms with Gasteiger partial charge in [-0.2, -0.15) is 13.2 Å². The van der Waals surface area contributed by atoms with Gasteiger partial charge in [-0.15, -0.1) is 0 Å². The van der Waals surface area contributed by atoms with Crippen molar-refractivity contribution in [2.75, 3.05) is 13.1 Å². The Bertz CT molecular complexity index is 1450. The van der Waals surface area contributed by atoms with E-state index in [0.29, 0.717) is 55.3 Å². The van der Waals surface area contributed by atoms with Crippen molar-refractivity contribution < 1.29 is 32.1 Å². The van der Waals surface area contributed by atoms with Crippen LogP contribution in [0.15, 0.2) is 48.5 Å². The number of likely N-dealkylation sites (tertiary alicyclic amines) is 1. The number of amides is 2. The van der Waals surface area contributed by atoms with E-state index >= 15 is 0 Å². The zero-order valence-electron chi connectivity index (χ0n) is 26.9. The number of halogens is 3. The van der Waals surface area contributed by atoms with E-state index in [4.69, 9.17) is 15.0 Å². The fourth-order valence-electron chi connectivity index (χ4n) is 8.57. The SMILES string of the molecule is CC1(C)[C@@H]2C[C@H]3OB([C@H](CCCCN)NC(=O)[C@@H]4CCCN4C(=O)c4cccc(Cc5ccccc5C(F)(F)F)c4)O[C@@]3(C)[C@H]1C2. The molecule has 0 unspecified atom stereocenters. The Balaban J connectivity index is 1.15. The van der Waals surface area contributed by atoms with Crippen LogP contribution < -0.4 is 11.1 Å². The van der Waals surface area contributed by atoms with Crippen LogP contribution in [0.1, 0.15) is 92.8 Å². The van der Waals surface area contributed by atoms with E-state index in [1.165, 1.54) is 12.1 Å². The number of nitrogens with two attached hydrogens (primary N) is 1. The molecule has 6 atom stereocenters. The molecule has 7 nitrogen and oxygen atoms in total. The van der Waals surface area contributed by atoms with Crippen molar-refractivity contribution in [1.82, 2.24) is 10.2 Å². The van der Waals surface area contributed by atoms with Crippen molar-refractivity contribution in [2.24, 2.45) is 23.0 Å². The molecule has 0 radical (unpaired) electrons. The Morgan fingerprint density at radius 1 is 1.11 bits per heavy atom. The first-order chi connectivity index (χ1) is 21.8. The summed E-state index contributed by atoms with van der Waals surface area (Å²) in [5.41, 5.74) is 5.98. The summed E-state index contributed by atoms with van der Waals surface area (Å²) in [6.45, 7) is 7.76. The smallest absolute Gasteiger partial charge is 0.404 e. The molecule has 2 saturated heterocycles. The minimum absolute atomic E-state index is 0.0110. The maximum atomic E-state index is 13.9. The third kappa shape index (κ3) is 6.10. The first kappa shape index (κ1) is 33.0. The fourth-order valence-corrected chi connectivity index (χ4v) is 8.57. The van der Waals surface area contributed by atoms with Crippen LogP contribution in [0.3, 0.4) is 0 Å². The van der Waals surface area contributed by atoms with Crippen molar-refractivity contribution in [2.45, 2.75) is 102 Å². The molecule has 3 saturated carbocycles. The van der Waals surface area contributed by atoms with Gasteiger partial charge in [-0.25, -0.2) is 0 Å². The number of nitrogens with one attached hydrogen (secondary N) is 1. The molecule has 2 aromatic carbocycles. The van der Waals surface area contributed by atoms with Crippen molar-refractivity contribution in [3.63, 3.8) is 0 Å². The lowest BCUT2D eigenvalue weighted by Crippen LogP contribution is -2.65. The van der Waals surface area contributed by atoms with Crippen LogP contribution in [0, 0.1) is 17.3 Å². The highest BCUT2D eigenvalue weighted by Crippen LogP contribution is 2.65.